The van der Waals surface area contributed by atoms with Gasteiger partial charge in [-0.25, -0.2) is 9.59 Å². The van der Waals surface area contributed by atoms with Crippen LogP contribution in [0.3, 0.4) is 0 Å². The van der Waals surface area contributed by atoms with Gasteiger partial charge in [-0.2, -0.15) is 0 Å². The van der Waals surface area contributed by atoms with Crippen LogP contribution in [0.5, 0.6) is 0 Å². The number of esters is 1. The van der Waals surface area contributed by atoms with Crippen molar-refractivity contribution >= 4 is 11.9 Å². The average Bonchev–Trinajstić information content (AvgIpc) is 2.38. The van der Waals surface area contributed by atoms with E-state index in [2.05, 4.69) is 6.58 Å². The van der Waals surface area contributed by atoms with Gasteiger partial charge in [-0.1, -0.05) is 38.2 Å². The second-order valence-electron chi connectivity index (χ2n) is 4.39. The van der Waals surface area contributed by atoms with E-state index in [1.165, 1.54) is 25.7 Å². The van der Waals surface area contributed by atoms with Gasteiger partial charge < -0.3 is 9.84 Å². The minimum atomic E-state index is -1.14. The summed E-state index contributed by atoms with van der Waals surface area (Å²) in [6.07, 6.45) is 12.7. The molecule has 0 unspecified atom stereocenters. The molecule has 0 saturated heterocycles. The molecule has 0 radical (unpaired) electrons. The molecule has 0 bridgehead atoms. The third-order valence-corrected chi connectivity index (χ3v) is 2.66. The zero-order chi connectivity index (χ0) is 14.3. The van der Waals surface area contributed by atoms with Gasteiger partial charge in [0.2, 0.25) is 0 Å². The van der Waals surface area contributed by atoms with Crippen LogP contribution in [0.15, 0.2) is 24.8 Å². The number of hydrogen-bond acceptors (Lipinski definition) is 3. The van der Waals surface area contributed by atoms with Gasteiger partial charge in [-0.05, 0) is 19.3 Å². The number of unbranched alkanes of at least 4 members (excludes halogenated alkanes) is 7. The quantitative estimate of drug-likeness (QED) is 0.255. The van der Waals surface area contributed by atoms with Crippen molar-refractivity contribution in [1.82, 2.24) is 0 Å². The fourth-order valence-corrected chi connectivity index (χ4v) is 1.63. The highest BCUT2D eigenvalue weighted by atomic mass is 16.5. The van der Waals surface area contributed by atoms with E-state index in [1.807, 2.05) is 6.08 Å². The van der Waals surface area contributed by atoms with Gasteiger partial charge in [0.25, 0.3) is 0 Å². The topological polar surface area (TPSA) is 63.6 Å². The Kier molecular flexibility index (Phi) is 11.8. The van der Waals surface area contributed by atoms with Crippen molar-refractivity contribution in [3.63, 3.8) is 0 Å². The van der Waals surface area contributed by atoms with Gasteiger partial charge in [0.05, 0.1) is 6.61 Å². The second-order valence-corrected chi connectivity index (χ2v) is 4.39. The maximum Gasteiger partial charge on any atom is 0.331 e. The molecule has 0 heterocycles. The van der Waals surface area contributed by atoms with Crippen molar-refractivity contribution in [2.45, 2.75) is 51.4 Å². The first-order valence-corrected chi connectivity index (χ1v) is 6.85. The van der Waals surface area contributed by atoms with E-state index in [0.717, 1.165) is 37.8 Å². The highest BCUT2D eigenvalue weighted by Gasteiger charge is 1.98. The molecule has 0 saturated carbocycles. The summed E-state index contributed by atoms with van der Waals surface area (Å²) in [7, 11) is 0. The van der Waals surface area contributed by atoms with Gasteiger partial charge in [-0.3, -0.25) is 0 Å². The number of aliphatic carboxylic acids is 1. The van der Waals surface area contributed by atoms with Crippen LogP contribution in [-0.4, -0.2) is 23.7 Å². The van der Waals surface area contributed by atoms with Crippen LogP contribution in [0.2, 0.25) is 0 Å². The summed E-state index contributed by atoms with van der Waals surface area (Å²) in [6.45, 7) is 4.05. The Morgan fingerprint density at radius 3 is 2.11 bits per heavy atom. The molecule has 0 aliphatic rings. The first-order chi connectivity index (χ1) is 9.16. The molecule has 0 spiro atoms. The van der Waals surface area contributed by atoms with Gasteiger partial charge in [-0.15, -0.1) is 6.58 Å². The molecule has 0 aromatic carbocycles. The highest BCUT2D eigenvalue weighted by Crippen LogP contribution is 2.08. The summed E-state index contributed by atoms with van der Waals surface area (Å²) in [5.41, 5.74) is 0. The van der Waals surface area contributed by atoms with Crippen molar-refractivity contribution in [2.24, 2.45) is 0 Å². The van der Waals surface area contributed by atoms with E-state index >= 15 is 0 Å². The second kappa shape index (κ2) is 12.9. The zero-order valence-electron chi connectivity index (χ0n) is 11.5. The average molecular weight is 268 g/mol. The minimum absolute atomic E-state index is 0.360. The number of hydrogen-bond donors (Lipinski definition) is 1. The van der Waals surface area contributed by atoms with Crippen LogP contribution in [-0.2, 0) is 14.3 Å². The molecule has 0 atom stereocenters. The van der Waals surface area contributed by atoms with Crippen molar-refractivity contribution in [2.75, 3.05) is 6.61 Å². The molecule has 0 rings (SSSR count). The maximum absolute atomic E-state index is 11.0. The van der Waals surface area contributed by atoms with Gasteiger partial charge >= 0.3 is 11.9 Å². The Morgan fingerprint density at radius 1 is 0.947 bits per heavy atom. The van der Waals surface area contributed by atoms with Crippen LogP contribution in [0.4, 0.5) is 0 Å². The molecule has 4 heteroatoms. The third kappa shape index (κ3) is 14.4. The summed E-state index contributed by atoms with van der Waals surface area (Å²) < 4.78 is 4.85. The lowest BCUT2D eigenvalue weighted by molar-refractivity contribution is -0.138. The summed E-state index contributed by atoms with van der Waals surface area (Å²) in [5.74, 6) is -1.74. The number of carbonyl (C=O) groups excluding carboxylic acids is 1. The smallest absolute Gasteiger partial charge is 0.331 e. The van der Waals surface area contributed by atoms with E-state index in [0.29, 0.717) is 6.61 Å². The van der Waals surface area contributed by atoms with Crippen LogP contribution in [0.1, 0.15) is 51.4 Å². The Labute approximate surface area is 115 Å². The Balaban J connectivity index is 3.24. The lowest BCUT2D eigenvalue weighted by atomic mass is 10.1. The van der Waals surface area contributed by atoms with Gasteiger partial charge in [0.1, 0.15) is 0 Å². The third-order valence-electron chi connectivity index (χ3n) is 2.66. The van der Waals surface area contributed by atoms with Crippen LogP contribution in [0.25, 0.3) is 0 Å². The van der Waals surface area contributed by atoms with Gasteiger partial charge in [0, 0.05) is 12.2 Å². The molecule has 4 nitrogen and oxygen atoms in total. The fourth-order valence-electron chi connectivity index (χ4n) is 1.63. The largest absolute Gasteiger partial charge is 0.478 e. The molecular formula is C15H24O4. The standard InChI is InChI=1S/C15H24O4/c1-2-3-4-5-6-7-8-9-10-13-19-15(18)12-11-14(16)17/h2,11-12H,1,3-10,13H2,(H,16,17). The molecule has 0 fully saturated rings. The number of rotatable bonds is 12. The molecule has 0 aromatic rings. The minimum Gasteiger partial charge on any atom is -0.478 e. The molecule has 108 valence electrons. The summed E-state index contributed by atoms with van der Waals surface area (Å²) >= 11 is 0. The van der Waals surface area contributed by atoms with Crippen molar-refractivity contribution in [1.29, 1.82) is 0 Å². The predicted octanol–water partition coefficient (Wildman–Crippen LogP) is 3.48. The lowest BCUT2D eigenvalue weighted by Crippen LogP contribution is -2.03. The van der Waals surface area contributed by atoms with Gasteiger partial charge in [0.15, 0.2) is 0 Å². The molecule has 0 aromatic heterocycles. The van der Waals surface area contributed by atoms with E-state index in [9.17, 15) is 9.59 Å². The number of carbonyl (C=O) groups is 2. The predicted molar refractivity (Wildman–Crippen MR) is 74.9 cm³/mol. The Hall–Kier alpha value is -1.58. The number of carboxylic acid groups (broad SMARTS) is 1. The number of carboxylic acids is 1. The summed E-state index contributed by atoms with van der Waals surface area (Å²) in [6, 6.07) is 0. The maximum atomic E-state index is 11.0. The molecular weight excluding hydrogens is 244 g/mol. The summed E-state index contributed by atoms with van der Waals surface area (Å²) in [5, 5.41) is 8.31. The SMILES string of the molecule is C=CCCCCCCCCCOC(=O)C=CC(=O)O. The Bertz CT molecular complexity index is 295. The number of ether oxygens (including phenoxy) is 1. The Morgan fingerprint density at radius 2 is 1.53 bits per heavy atom. The molecule has 0 aliphatic heterocycles. The lowest BCUT2D eigenvalue weighted by Gasteiger charge is -2.02. The highest BCUT2D eigenvalue weighted by molar-refractivity contribution is 5.90. The van der Waals surface area contributed by atoms with Crippen molar-refractivity contribution < 1.29 is 19.4 Å². The molecule has 19 heavy (non-hydrogen) atoms. The van der Waals surface area contributed by atoms with Crippen LogP contribution >= 0.6 is 0 Å². The first kappa shape index (κ1) is 17.4. The normalized spacial score (nSPS) is 10.5. The van der Waals surface area contributed by atoms with E-state index in [4.69, 9.17) is 9.84 Å². The number of allylic oxidation sites excluding steroid dienone is 1. The van der Waals surface area contributed by atoms with Crippen molar-refractivity contribution in [3.8, 4) is 0 Å². The first-order valence-electron chi connectivity index (χ1n) is 6.85. The monoisotopic (exact) mass is 268 g/mol. The van der Waals surface area contributed by atoms with E-state index in [-0.39, 0.29) is 0 Å². The molecule has 0 amide bonds. The van der Waals surface area contributed by atoms with Crippen LogP contribution < -0.4 is 0 Å². The van der Waals surface area contributed by atoms with E-state index in [1.54, 1.807) is 0 Å². The van der Waals surface area contributed by atoms with Crippen LogP contribution in [0, 0.1) is 0 Å². The molecule has 0 aliphatic carbocycles. The summed E-state index contributed by atoms with van der Waals surface area (Å²) in [4.78, 5) is 21.1. The van der Waals surface area contributed by atoms with E-state index < -0.39 is 11.9 Å². The molecule has 1 N–H and O–H groups in total. The van der Waals surface area contributed by atoms with Crippen molar-refractivity contribution in [3.05, 3.63) is 24.8 Å². The zero-order valence-corrected chi connectivity index (χ0v) is 11.5. The fraction of sp³-hybridized carbons (Fsp3) is 0.600.